The van der Waals surface area contributed by atoms with Crippen molar-refractivity contribution in [3.05, 3.63) is 53.7 Å². The van der Waals surface area contributed by atoms with Crippen molar-refractivity contribution in [3.63, 3.8) is 0 Å². The molecule has 3 aromatic rings. The average Bonchev–Trinajstić information content (AvgIpc) is 3.33. The van der Waals surface area contributed by atoms with Crippen LogP contribution in [0.2, 0.25) is 0 Å². The summed E-state index contributed by atoms with van der Waals surface area (Å²) in [4.78, 5) is 12.7. The lowest BCUT2D eigenvalue weighted by atomic mass is 10.1. The Labute approximate surface area is 162 Å². The number of nitrogens with one attached hydrogen (secondary N) is 2. The third-order valence-electron chi connectivity index (χ3n) is 4.60. The summed E-state index contributed by atoms with van der Waals surface area (Å²) < 4.78 is 16.0. The molecule has 4 rings (SSSR count). The molecule has 1 aliphatic rings. The molecule has 0 saturated heterocycles. The van der Waals surface area contributed by atoms with Crippen molar-refractivity contribution in [3.8, 4) is 28.5 Å². The van der Waals surface area contributed by atoms with Crippen molar-refractivity contribution < 1.29 is 19.0 Å². The largest absolute Gasteiger partial charge is 0.497 e. The van der Waals surface area contributed by atoms with E-state index >= 15 is 0 Å². The van der Waals surface area contributed by atoms with Gasteiger partial charge in [0.15, 0.2) is 11.5 Å². The topological polar surface area (TPSA) is 85.5 Å². The first-order chi connectivity index (χ1) is 13.7. The summed E-state index contributed by atoms with van der Waals surface area (Å²) in [6, 6.07) is 13.1. The standard InChI is InChI=1S/C21H21N3O4/c1-3-16-21(22-19(25)10-13-5-4-6-15(9-13)26-2)20(24-23-16)14-7-8-17-18(11-14)28-12-27-17/h4-9,11H,3,10,12H2,1-2H3,(H,22,25)(H,23,24). The molecule has 1 aromatic heterocycles. The fourth-order valence-electron chi connectivity index (χ4n) is 3.17. The molecule has 0 saturated carbocycles. The van der Waals surface area contributed by atoms with Crippen LogP contribution in [0.1, 0.15) is 18.2 Å². The number of rotatable bonds is 6. The highest BCUT2D eigenvalue weighted by Gasteiger charge is 2.20. The number of anilines is 1. The van der Waals surface area contributed by atoms with Crippen LogP contribution in [0.4, 0.5) is 5.69 Å². The Morgan fingerprint density at radius 1 is 1.21 bits per heavy atom. The van der Waals surface area contributed by atoms with E-state index in [1.807, 2.05) is 49.4 Å². The van der Waals surface area contributed by atoms with Crippen molar-refractivity contribution in [2.45, 2.75) is 19.8 Å². The smallest absolute Gasteiger partial charge is 0.231 e. The van der Waals surface area contributed by atoms with Gasteiger partial charge in [0.25, 0.3) is 0 Å². The predicted octanol–water partition coefficient (Wildman–Crippen LogP) is 3.56. The quantitative estimate of drug-likeness (QED) is 0.684. The third kappa shape index (κ3) is 3.51. The predicted molar refractivity (Wildman–Crippen MR) is 105 cm³/mol. The molecule has 2 heterocycles. The summed E-state index contributed by atoms with van der Waals surface area (Å²) >= 11 is 0. The van der Waals surface area contributed by atoms with Gasteiger partial charge < -0.3 is 19.5 Å². The van der Waals surface area contributed by atoms with Crippen molar-refractivity contribution in [1.29, 1.82) is 0 Å². The van der Waals surface area contributed by atoms with E-state index in [4.69, 9.17) is 14.2 Å². The first-order valence-electron chi connectivity index (χ1n) is 9.08. The summed E-state index contributed by atoms with van der Waals surface area (Å²) in [6.45, 7) is 2.22. The summed E-state index contributed by atoms with van der Waals surface area (Å²) in [5, 5.41) is 10.5. The van der Waals surface area contributed by atoms with Crippen molar-refractivity contribution in [2.75, 3.05) is 19.2 Å². The van der Waals surface area contributed by atoms with Gasteiger partial charge in [-0.3, -0.25) is 9.89 Å². The van der Waals surface area contributed by atoms with Gasteiger partial charge in [0.05, 0.1) is 24.9 Å². The molecule has 0 unspecified atom stereocenters. The molecule has 0 aliphatic carbocycles. The van der Waals surface area contributed by atoms with E-state index in [0.29, 0.717) is 29.3 Å². The minimum absolute atomic E-state index is 0.119. The minimum atomic E-state index is -0.119. The van der Waals surface area contributed by atoms with Crippen LogP contribution in [-0.2, 0) is 17.6 Å². The number of aromatic nitrogens is 2. The summed E-state index contributed by atoms with van der Waals surface area (Å²) in [7, 11) is 1.61. The highest BCUT2D eigenvalue weighted by Crippen LogP contribution is 2.38. The number of methoxy groups -OCH3 is 1. The molecule has 28 heavy (non-hydrogen) atoms. The Balaban J connectivity index is 1.58. The first-order valence-corrected chi connectivity index (χ1v) is 9.08. The average molecular weight is 379 g/mol. The van der Waals surface area contributed by atoms with Gasteiger partial charge in [-0.25, -0.2) is 0 Å². The summed E-state index contributed by atoms with van der Waals surface area (Å²) in [5.41, 5.74) is 3.95. The second kappa shape index (κ2) is 7.64. The molecule has 1 aliphatic heterocycles. The van der Waals surface area contributed by atoms with Gasteiger partial charge in [0, 0.05) is 5.56 Å². The normalized spacial score (nSPS) is 12.1. The maximum absolute atomic E-state index is 12.7. The highest BCUT2D eigenvalue weighted by molar-refractivity contribution is 5.96. The second-order valence-corrected chi connectivity index (χ2v) is 6.42. The molecule has 2 N–H and O–H groups in total. The molecule has 0 fully saturated rings. The highest BCUT2D eigenvalue weighted by atomic mass is 16.7. The van der Waals surface area contributed by atoms with Crippen LogP contribution in [0.3, 0.4) is 0 Å². The number of aryl methyl sites for hydroxylation is 1. The maximum Gasteiger partial charge on any atom is 0.231 e. The monoisotopic (exact) mass is 379 g/mol. The number of nitrogens with zero attached hydrogens (tertiary/aromatic N) is 1. The number of fused-ring (bicyclic) bond motifs is 1. The Hall–Kier alpha value is -3.48. The SMILES string of the molecule is CCc1[nH]nc(-c2ccc3c(c2)OCO3)c1NC(=O)Cc1cccc(OC)c1. The molecule has 2 aromatic carbocycles. The Morgan fingerprint density at radius 3 is 2.89 bits per heavy atom. The van der Waals surface area contributed by atoms with Gasteiger partial charge in [-0.1, -0.05) is 19.1 Å². The van der Waals surface area contributed by atoms with Crippen LogP contribution in [0.25, 0.3) is 11.3 Å². The summed E-state index contributed by atoms with van der Waals surface area (Å²) in [6.07, 6.45) is 0.957. The molecule has 7 nitrogen and oxygen atoms in total. The van der Waals surface area contributed by atoms with Crippen molar-refractivity contribution >= 4 is 11.6 Å². The van der Waals surface area contributed by atoms with E-state index in [9.17, 15) is 4.79 Å². The van der Waals surface area contributed by atoms with Crippen LogP contribution >= 0.6 is 0 Å². The Bertz CT molecular complexity index is 1010. The maximum atomic E-state index is 12.7. The Morgan fingerprint density at radius 2 is 2.07 bits per heavy atom. The minimum Gasteiger partial charge on any atom is -0.497 e. The molecule has 0 atom stereocenters. The fourth-order valence-corrected chi connectivity index (χ4v) is 3.17. The number of benzene rings is 2. The van der Waals surface area contributed by atoms with E-state index in [2.05, 4.69) is 15.5 Å². The molecule has 0 spiro atoms. The van der Waals surface area contributed by atoms with Crippen LogP contribution in [0.15, 0.2) is 42.5 Å². The lowest BCUT2D eigenvalue weighted by molar-refractivity contribution is -0.115. The first kappa shape index (κ1) is 17.9. The lowest BCUT2D eigenvalue weighted by Gasteiger charge is -2.09. The van der Waals surface area contributed by atoms with Crippen LogP contribution in [0, 0.1) is 0 Å². The summed E-state index contributed by atoms with van der Waals surface area (Å²) in [5.74, 6) is 1.99. The van der Waals surface area contributed by atoms with Crippen molar-refractivity contribution in [1.82, 2.24) is 10.2 Å². The van der Waals surface area contributed by atoms with Gasteiger partial charge in [0.2, 0.25) is 12.7 Å². The molecule has 144 valence electrons. The zero-order chi connectivity index (χ0) is 19.5. The van der Waals surface area contributed by atoms with E-state index in [1.165, 1.54) is 0 Å². The number of hydrogen-bond donors (Lipinski definition) is 2. The lowest BCUT2D eigenvalue weighted by Crippen LogP contribution is -2.15. The van der Waals surface area contributed by atoms with E-state index in [1.54, 1.807) is 7.11 Å². The zero-order valence-electron chi connectivity index (χ0n) is 15.7. The number of carbonyl (C=O) groups excluding carboxylic acids is 1. The van der Waals surface area contributed by atoms with Gasteiger partial charge in [-0.05, 0) is 42.3 Å². The number of hydrogen-bond acceptors (Lipinski definition) is 5. The molecular formula is C21H21N3O4. The zero-order valence-corrected chi connectivity index (χ0v) is 15.7. The van der Waals surface area contributed by atoms with Gasteiger partial charge in [-0.2, -0.15) is 5.10 Å². The molecule has 0 radical (unpaired) electrons. The van der Waals surface area contributed by atoms with E-state index < -0.39 is 0 Å². The third-order valence-corrected chi connectivity index (χ3v) is 4.60. The number of aromatic amines is 1. The fraction of sp³-hybridized carbons (Fsp3) is 0.238. The molecular weight excluding hydrogens is 358 g/mol. The number of amides is 1. The Kier molecular flexibility index (Phi) is 4.89. The van der Waals surface area contributed by atoms with E-state index in [0.717, 1.165) is 22.6 Å². The van der Waals surface area contributed by atoms with Gasteiger partial charge >= 0.3 is 0 Å². The molecule has 0 bridgehead atoms. The molecule has 1 amide bonds. The van der Waals surface area contributed by atoms with E-state index in [-0.39, 0.29) is 19.1 Å². The molecule has 7 heteroatoms. The number of H-pyrrole nitrogens is 1. The van der Waals surface area contributed by atoms with Crippen molar-refractivity contribution in [2.24, 2.45) is 0 Å². The second-order valence-electron chi connectivity index (χ2n) is 6.42. The van der Waals surface area contributed by atoms with Gasteiger partial charge in [-0.15, -0.1) is 0 Å². The van der Waals surface area contributed by atoms with Crippen LogP contribution < -0.4 is 19.5 Å². The number of carbonyl (C=O) groups is 1. The van der Waals surface area contributed by atoms with Crippen LogP contribution in [-0.4, -0.2) is 30.0 Å². The van der Waals surface area contributed by atoms with Crippen LogP contribution in [0.5, 0.6) is 17.2 Å². The number of ether oxygens (including phenoxy) is 3. The van der Waals surface area contributed by atoms with Gasteiger partial charge in [0.1, 0.15) is 11.4 Å².